The van der Waals surface area contributed by atoms with Crippen LogP contribution in [-0.4, -0.2) is 33.7 Å². The Morgan fingerprint density at radius 1 is 1.13 bits per heavy atom. The molecular weight excluding hydrogens is 402 g/mol. The number of imide groups is 2. The van der Waals surface area contributed by atoms with Gasteiger partial charge in [-0.25, -0.2) is 4.79 Å². The van der Waals surface area contributed by atoms with Gasteiger partial charge in [-0.3, -0.25) is 29.9 Å². The Balaban J connectivity index is 1.62. The van der Waals surface area contributed by atoms with Crippen molar-refractivity contribution in [3.05, 3.63) is 57.3 Å². The first-order valence-corrected chi connectivity index (χ1v) is 10.1. The molecular formula is C22H21N3O6. The van der Waals surface area contributed by atoms with Crippen molar-refractivity contribution >= 4 is 29.6 Å². The molecule has 0 atom stereocenters. The molecule has 1 saturated carbocycles. The first kappa shape index (κ1) is 20.5. The molecule has 2 aromatic rings. The molecule has 2 fully saturated rings. The summed E-state index contributed by atoms with van der Waals surface area (Å²) in [4.78, 5) is 49.2. The van der Waals surface area contributed by atoms with Crippen LogP contribution in [0.15, 0.2) is 40.3 Å². The quantitative estimate of drug-likeness (QED) is 0.344. The number of nitro groups is 1. The van der Waals surface area contributed by atoms with E-state index < -0.39 is 22.8 Å². The minimum absolute atomic E-state index is 0.0212. The van der Waals surface area contributed by atoms with Crippen molar-refractivity contribution in [2.75, 3.05) is 0 Å². The average molecular weight is 423 g/mol. The first-order chi connectivity index (χ1) is 14.8. The number of carbonyl (C=O) groups is 3. The second-order valence-electron chi connectivity index (χ2n) is 7.74. The number of nitrogens with one attached hydrogen (secondary N) is 1. The lowest BCUT2D eigenvalue weighted by Crippen LogP contribution is -2.58. The number of amides is 4. The maximum Gasteiger partial charge on any atom is 0.331 e. The number of rotatable bonds is 4. The molecule has 1 N–H and O–H groups in total. The SMILES string of the molecule is Cc1cc([N+](=O)[O-])ccc1-c1ccc(/C=C2/C(=O)NC(=O)N(C3CCCCC3)C2=O)o1. The predicted molar refractivity (Wildman–Crippen MR) is 111 cm³/mol. The summed E-state index contributed by atoms with van der Waals surface area (Å²) in [5, 5.41) is 13.2. The molecule has 4 rings (SSSR count). The van der Waals surface area contributed by atoms with E-state index in [0.29, 0.717) is 16.9 Å². The zero-order chi connectivity index (χ0) is 22.1. The van der Waals surface area contributed by atoms with E-state index in [9.17, 15) is 24.5 Å². The third-order valence-corrected chi connectivity index (χ3v) is 5.67. The van der Waals surface area contributed by atoms with Crippen molar-refractivity contribution in [2.24, 2.45) is 0 Å². The summed E-state index contributed by atoms with van der Waals surface area (Å²) in [6.45, 7) is 1.73. The molecule has 0 spiro atoms. The van der Waals surface area contributed by atoms with Gasteiger partial charge in [0.05, 0.1) is 4.92 Å². The van der Waals surface area contributed by atoms with Gasteiger partial charge in [0.1, 0.15) is 17.1 Å². The minimum atomic E-state index is -0.758. The predicted octanol–water partition coefficient (Wildman–Crippen LogP) is 3.96. The number of aryl methyl sites for hydroxylation is 1. The smallest absolute Gasteiger partial charge is 0.331 e. The minimum Gasteiger partial charge on any atom is -0.457 e. The Bertz CT molecular complexity index is 1110. The van der Waals surface area contributed by atoms with Crippen LogP contribution in [0.3, 0.4) is 0 Å². The Kier molecular flexibility index (Phi) is 5.41. The van der Waals surface area contributed by atoms with Crippen LogP contribution in [-0.2, 0) is 9.59 Å². The number of hydrogen-bond acceptors (Lipinski definition) is 6. The van der Waals surface area contributed by atoms with Gasteiger partial charge in [0.25, 0.3) is 17.5 Å². The molecule has 2 heterocycles. The van der Waals surface area contributed by atoms with Gasteiger partial charge in [-0.1, -0.05) is 19.3 Å². The summed E-state index contributed by atoms with van der Waals surface area (Å²) in [5.74, 6) is -0.663. The van der Waals surface area contributed by atoms with Crippen LogP contribution < -0.4 is 5.32 Å². The highest BCUT2D eigenvalue weighted by Crippen LogP contribution is 2.30. The lowest BCUT2D eigenvalue weighted by Gasteiger charge is -2.35. The largest absolute Gasteiger partial charge is 0.457 e. The molecule has 1 saturated heterocycles. The lowest BCUT2D eigenvalue weighted by molar-refractivity contribution is -0.384. The first-order valence-electron chi connectivity index (χ1n) is 10.1. The highest BCUT2D eigenvalue weighted by Gasteiger charge is 2.40. The molecule has 1 aromatic heterocycles. The number of urea groups is 1. The van der Waals surface area contributed by atoms with Crippen molar-refractivity contribution in [1.29, 1.82) is 0 Å². The third kappa shape index (κ3) is 3.98. The molecule has 0 radical (unpaired) electrons. The second-order valence-corrected chi connectivity index (χ2v) is 7.74. The van der Waals surface area contributed by atoms with Gasteiger partial charge < -0.3 is 4.42 Å². The van der Waals surface area contributed by atoms with E-state index in [1.807, 2.05) is 0 Å². The van der Waals surface area contributed by atoms with E-state index in [-0.39, 0.29) is 23.1 Å². The zero-order valence-corrected chi connectivity index (χ0v) is 16.9. The Morgan fingerprint density at radius 3 is 2.55 bits per heavy atom. The van der Waals surface area contributed by atoms with Gasteiger partial charge in [-0.15, -0.1) is 0 Å². The topological polar surface area (TPSA) is 123 Å². The van der Waals surface area contributed by atoms with E-state index >= 15 is 0 Å². The molecule has 1 aromatic carbocycles. The number of nitrogens with zero attached hydrogens (tertiary/aromatic N) is 2. The summed E-state index contributed by atoms with van der Waals surface area (Å²) in [6, 6.07) is 6.79. The normalized spacial score (nSPS) is 19.1. The highest BCUT2D eigenvalue weighted by atomic mass is 16.6. The molecule has 1 aliphatic heterocycles. The summed E-state index contributed by atoms with van der Waals surface area (Å²) in [5.41, 5.74) is 1.13. The fourth-order valence-corrected chi connectivity index (χ4v) is 4.10. The summed E-state index contributed by atoms with van der Waals surface area (Å²) in [6.07, 6.45) is 5.72. The van der Waals surface area contributed by atoms with Crippen LogP contribution in [0, 0.1) is 17.0 Å². The molecule has 1 aliphatic carbocycles. The lowest BCUT2D eigenvalue weighted by atomic mass is 9.93. The second kappa shape index (κ2) is 8.17. The van der Waals surface area contributed by atoms with Crippen molar-refractivity contribution in [1.82, 2.24) is 10.2 Å². The average Bonchev–Trinajstić information content (AvgIpc) is 3.20. The maximum absolute atomic E-state index is 13.0. The number of barbiturate groups is 1. The standard InChI is InChI=1S/C22H21N3O6/c1-13-11-15(25(29)30)7-9-17(13)19-10-8-16(31-19)12-18-20(26)23-22(28)24(21(18)27)14-5-3-2-4-6-14/h7-12,14H,2-6H2,1H3,(H,23,26,28)/b18-12-. The van der Waals surface area contributed by atoms with Crippen molar-refractivity contribution in [2.45, 2.75) is 45.1 Å². The van der Waals surface area contributed by atoms with Crippen LogP contribution in [0.5, 0.6) is 0 Å². The van der Waals surface area contributed by atoms with Gasteiger partial charge >= 0.3 is 6.03 Å². The van der Waals surface area contributed by atoms with E-state index in [0.717, 1.165) is 37.0 Å². The Labute approximate surface area is 177 Å². The molecule has 0 bridgehead atoms. The number of hydrogen-bond donors (Lipinski definition) is 1. The fourth-order valence-electron chi connectivity index (χ4n) is 4.10. The number of carbonyl (C=O) groups excluding carboxylic acids is 3. The van der Waals surface area contributed by atoms with E-state index in [2.05, 4.69) is 5.32 Å². The monoisotopic (exact) mass is 423 g/mol. The van der Waals surface area contributed by atoms with Crippen molar-refractivity contribution in [3.63, 3.8) is 0 Å². The van der Waals surface area contributed by atoms with Gasteiger partial charge in [0, 0.05) is 23.7 Å². The maximum atomic E-state index is 13.0. The molecule has 9 heteroatoms. The van der Waals surface area contributed by atoms with E-state index in [1.165, 1.54) is 18.2 Å². The van der Waals surface area contributed by atoms with Gasteiger partial charge in [-0.2, -0.15) is 0 Å². The van der Waals surface area contributed by atoms with Gasteiger partial charge in [0.15, 0.2) is 0 Å². The molecule has 0 unspecified atom stereocenters. The molecule has 31 heavy (non-hydrogen) atoms. The molecule has 160 valence electrons. The molecule has 4 amide bonds. The van der Waals surface area contributed by atoms with E-state index in [4.69, 9.17) is 4.42 Å². The Hall–Kier alpha value is -3.75. The van der Waals surface area contributed by atoms with Crippen molar-refractivity contribution < 1.29 is 23.7 Å². The number of non-ortho nitro benzene ring substituents is 1. The number of nitro benzene ring substituents is 1. The number of furan rings is 1. The third-order valence-electron chi connectivity index (χ3n) is 5.67. The van der Waals surface area contributed by atoms with E-state index in [1.54, 1.807) is 25.1 Å². The van der Waals surface area contributed by atoms with Crippen LogP contribution in [0.25, 0.3) is 17.4 Å². The van der Waals surface area contributed by atoms with Gasteiger partial charge in [0.2, 0.25) is 0 Å². The summed E-state index contributed by atoms with van der Waals surface area (Å²) >= 11 is 0. The molecule has 2 aliphatic rings. The van der Waals surface area contributed by atoms with Crippen LogP contribution in [0.1, 0.15) is 43.4 Å². The summed E-state index contributed by atoms with van der Waals surface area (Å²) < 4.78 is 5.78. The van der Waals surface area contributed by atoms with Crippen molar-refractivity contribution in [3.8, 4) is 11.3 Å². The van der Waals surface area contributed by atoms with Gasteiger partial charge in [-0.05, 0) is 49.6 Å². The fraction of sp³-hybridized carbons (Fsp3) is 0.318. The summed E-state index contributed by atoms with van der Waals surface area (Å²) in [7, 11) is 0. The van der Waals surface area contributed by atoms with Crippen LogP contribution in [0.4, 0.5) is 10.5 Å². The number of benzene rings is 1. The zero-order valence-electron chi connectivity index (χ0n) is 16.9. The Morgan fingerprint density at radius 2 is 1.87 bits per heavy atom. The van der Waals surface area contributed by atoms with Crippen LogP contribution >= 0.6 is 0 Å². The van der Waals surface area contributed by atoms with Crippen LogP contribution in [0.2, 0.25) is 0 Å². The highest BCUT2D eigenvalue weighted by molar-refractivity contribution is 6.31. The molecule has 9 nitrogen and oxygen atoms in total.